The summed E-state index contributed by atoms with van der Waals surface area (Å²) in [6.45, 7) is 4.63. The Morgan fingerprint density at radius 3 is 2.47 bits per heavy atom. The Hall–Kier alpha value is -3.26. The van der Waals surface area contributed by atoms with Gasteiger partial charge in [-0.2, -0.15) is 0 Å². The van der Waals surface area contributed by atoms with Gasteiger partial charge in [-0.25, -0.2) is 9.18 Å². The number of piperidine rings is 1. The average Bonchev–Trinajstić information content (AvgIpc) is 2.90. The highest BCUT2D eigenvalue weighted by molar-refractivity contribution is 6.30. The number of carbonyl (C=O) groups excluding carboxylic acids is 2. The molecule has 3 atom stereocenters. The maximum atomic E-state index is 13.4. The Balaban J connectivity index is 1.45. The molecule has 1 saturated heterocycles. The predicted octanol–water partition coefficient (Wildman–Crippen LogP) is 5.96. The van der Waals surface area contributed by atoms with Gasteiger partial charge in [-0.15, -0.1) is 0 Å². The molecule has 0 bridgehead atoms. The number of anilines is 1. The molecule has 6 nitrogen and oxygen atoms in total. The molecule has 2 amide bonds. The number of ketones is 1. The molecule has 0 saturated carbocycles. The van der Waals surface area contributed by atoms with Gasteiger partial charge in [-0.05, 0) is 86.7 Å². The number of hydrogen-bond acceptors (Lipinski definition) is 4. The summed E-state index contributed by atoms with van der Waals surface area (Å²) in [5, 5.41) is 18.0. The summed E-state index contributed by atoms with van der Waals surface area (Å²) in [6, 6.07) is 20.1. The van der Waals surface area contributed by atoms with E-state index in [1.807, 2.05) is 12.1 Å². The summed E-state index contributed by atoms with van der Waals surface area (Å²) in [4.78, 5) is 26.6. The van der Waals surface area contributed by atoms with Crippen LogP contribution in [0.4, 0.5) is 14.9 Å². The average molecular weight is 538 g/mol. The van der Waals surface area contributed by atoms with Crippen molar-refractivity contribution in [2.24, 2.45) is 0 Å². The van der Waals surface area contributed by atoms with Crippen LogP contribution < -0.4 is 10.6 Å². The van der Waals surface area contributed by atoms with Gasteiger partial charge >= 0.3 is 6.03 Å². The minimum atomic E-state index is -1.37. The van der Waals surface area contributed by atoms with E-state index < -0.39 is 11.6 Å². The van der Waals surface area contributed by atoms with Crippen LogP contribution in [0, 0.1) is 5.82 Å². The summed E-state index contributed by atoms with van der Waals surface area (Å²) in [6.07, 6.45) is 1.76. The number of nitrogens with zero attached hydrogens (tertiary/aromatic N) is 1. The van der Waals surface area contributed by atoms with Crippen LogP contribution in [0.1, 0.15) is 54.1 Å². The largest absolute Gasteiger partial charge is 0.382 e. The number of Topliss-reactive ketones (excluding diaryl/α,β-unsaturated/α-hetero) is 1. The molecule has 200 valence electrons. The quantitative estimate of drug-likeness (QED) is 0.310. The summed E-state index contributed by atoms with van der Waals surface area (Å²) in [5.74, 6) is -0.0148. The first-order valence-corrected chi connectivity index (χ1v) is 13.1. The zero-order chi connectivity index (χ0) is 27.3. The van der Waals surface area contributed by atoms with E-state index in [9.17, 15) is 19.1 Å². The highest BCUT2D eigenvalue weighted by Gasteiger charge is 2.36. The molecule has 1 aliphatic heterocycles. The van der Waals surface area contributed by atoms with Crippen molar-refractivity contribution in [2.45, 2.75) is 44.2 Å². The first-order valence-electron chi connectivity index (χ1n) is 12.8. The maximum absolute atomic E-state index is 13.4. The van der Waals surface area contributed by atoms with Crippen molar-refractivity contribution in [3.63, 3.8) is 0 Å². The first-order chi connectivity index (χ1) is 18.1. The van der Waals surface area contributed by atoms with Crippen molar-refractivity contribution in [1.29, 1.82) is 0 Å². The molecule has 0 radical (unpaired) electrons. The SMILES string of the molecule is CC(=O)c1cccc(NC(=O)NCC(O)(CN2CCC(c3ccc(F)cc3)CC2C)c2ccc(Cl)cc2)c1. The molecule has 1 aliphatic rings. The van der Waals surface area contributed by atoms with Crippen LogP contribution in [0.25, 0.3) is 0 Å². The lowest BCUT2D eigenvalue weighted by atomic mass is 9.84. The van der Waals surface area contributed by atoms with Crippen LogP contribution in [-0.4, -0.2) is 47.5 Å². The van der Waals surface area contributed by atoms with Gasteiger partial charge in [0, 0.05) is 28.9 Å². The molecule has 38 heavy (non-hydrogen) atoms. The molecule has 1 fully saturated rings. The molecule has 0 spiro atoms. The molecule has 8 heteroatoms. The van der Waals surface area contributed by atoms with Gasteiger partial charge in [0.2, 0.25) is 0 Å². The standard InChI is InChI=1S/C30H33ClFN3O3/c1-20-16-24(22-6-12-27(32)13-7-22)14-15-35(20)19-30(38,25-8-10-26(31)11-9-25)18-33-29(37)34-28-5-3-4-23(17-28)21(2)36/h3-13,17,20,24,38H,14-16,18-19H2,1-2H3,(H2,33,34,37). The van der Waals surface area contributed by atoms with Gasteiger partial charge in [0.25, 0.3) is 0 Å². The van der Waals surface area contributed by atoms with Gasteiger partial charge in [0.05, 0.1) is 6.54 Å². The van der Waals surface area contributed by atoms with E-state index in [1.165, 1.54) is 19.1 Å². The highest BCUT2D eigenvalue weighted by atomic mass is 35.5. The van der Waals surface area contributed by atoms with Gasteiger partial charge < -0.3 is 15.7 Å². The second kappa shape index (κ2) is 12.1. The molecule has 3 unspecified atom stereocenters. The summed E-state index contributed by atoms with van der Waals surface area (Å²) >= 11 is 6.09. The third-order valence-corrected chi connectivity index (χ3v) is 7.52. The van der Waals surface area contributed by atoms with E-state index in [-0.39, 0.29) is 24.2 Å². The fourth-order valence-corrected chi connectivity index (χ4v) is 5.18. The van der Waals surface area contributed by atoms with Crippen LogP contribution in [-0.2, 0) is 5.60 Å². The highest BCUT2D eigenvalue weighted by Crippen LogP contribution is 2.34. The number of amides is 2. The van der Waals surface area contributed by atoms with Crippen LogP contribution in [0.5, 0.6) is 0 Å². The maximum Gasteiger partial charge on any atom is 0.319 e. The Kier molecular flexibility index (Phi) is 8.82. The number of urea groups is 1. The van der Waals surface area contributed by atoms with Crippen molar-refractivity contribution in [3.8, 4) is 0 Å². The van der Waals surface area contributed by atoms with Crippen molar-refractivity contribution >= 4 is 29.1 Å². The van der Waals surface area contributed by atoms with E-state index in [0.29, 0.717) is 34.3 Å². The van der Waals surface area contributed by atoms with Gasteiger partial charge in [0.15, 0.2) is 5.78 Å². The Morgan fingerprint density at radius 2 is 1.82 bits per heavy atom. The number of hydrogen-bond donors (Lipinski definition) is 3. The van der Waals surface area contributed by atoms with Crippen molar-refractivity contribution < 1.29 is 19.1 Å². The lowest BCUT2D eigenvalue weighted by molar-refractivity contribution is -0.0180. The number of likely N-dealkylation sites (tertiary alicyclic amines) is 1. The molecule has 1 heterocycles. The normalized spacial score (nSPS) is 19.4. The molecule has 4 rings (SSSR count). The van der Waals surface area contributed by atoms with E-state index in [1.54, 1.807) is 48.5 Å². The van der Waals surface area contributed by atoms with E-state index in [4.69, 9.17) is 11.6 Å². The van der Waals surface area contributed by atoms with E-state index in [2.05, 4.69) is 22.5 Å². The number of halogens is 2. The predicted molar refractivity (Wildman–Crippen MR) is 148 cm³/mol. The number of nitrogens with one attached hydrogen (secondary N) is 2. The van der Waals surface area contributed by atoms with E-state index >= 15 is 0 Å². The van der Waals surface area contributed by atoms with Crippen LogP contribution >= 0.6 is 11.6 Å². The van der Waals surface area contributed by atoms with Gasteiger partial charge in [-0.1, -0.05) is 48.0 Å². The molecule has 0 aromatic heterocycles. The second-order valence-corrected chi connectivity index (χ2v) is 10.5. The molecule has 3 N–H and O–H groups in total. The monoisotopic (exact) mass is 537 g/mol. The zero-order valence-electron chi connectivity index (χ0n) is 21.6. The van der Waals surface area contributed by atoms with Crippen LogP contribution in [0.3, 0.4) is 0 Å². The summed E-state index contributed by atoms with van der Waals surface area (Å²) < 4.78 is 13.4. The number of aliphatic hydroxyl groups is 1. The number of β-amino-alcohol motifs (C(OH)–C–C–N with tert-alkyl or cyclic N) is 1. The second-order valence-electron chi connectivity index (χ2n) is 10.1. The zero-order valence-corrected chi connectivity index (χ0v) is 22.3. The Bertz CT molecular complexity index is 1270. The van der Waals surface area contributed by atoms with Crippen LogP contribution in [0.2, 0.25) is 5.02 Å². The minimum Gasteiger partial charge on any atom is -0.382 e. The lowest BCUT2D eigenvalue weighted by Crippen LogP contribution is -2.53. The summed E-state index contributed by atoms with van der Waals surface area (Å²) in [5.41, 5.74) is 1.38. The fourth-order valence-electron chi connectivity index (χ4n) is 5.06. The lowest BCUT2D eigenvalue weighted by Gasteiger charge is -2.42. The number of benzene rings is 3. The summed E-state index contributed by atoms with van der Waals surface area (Å²) in [7, 11) is 0. The minimum absolute atomic E-state index is 0.0303. The topological polar surface area (TPSA) is 81.7 Å². The fraction of sp³-hybridized carbons (Fsp3) is 0.333. The van der Waals surface area contributed by atoms with Crippen molar-refractivity contribution in [1.82, 2.24) is 10.2 Å². The molecule has 3 aromatic carbocycles. The number of carbonyl (C=O) groups is 2. The van der Waals surface area contributed by atoms with Gasteiger partial charge in [0.1, 0.15) is 11.4 Å². The molecule has 0 aliphatic carbocycles. The van der Waals surface area contributed by atoms with Crippen LogP contribution in [0.15, 0.2) is 72.8 Å². The molecular weight excluding hydrogens is 505 g/mol. The smallest absolute Gasteiger partial charge is 0.319 e. The molecule has 3 aromatic rings. The van der Waals surface area contributed by atoms with Crippen molar-refractivity contribution in [3.05, 3.63) is 100 Å². The molecular formula is C30H33ClFN3O3. The Labute approximate surface area is 227 Å². The van der Waals surface area contributed by atoms with Crippen molar-refractivity contribution in [2.75, 3.05) is 25.0 Å². The van der Waals surface area contributed by atoms with Gasteiger partial charge in [-0.3, -0.25) is 9.69 Å². The Morgan fingerprint density at radius 1 is 1.11 bits per heavy atom. The third kappa shape index (κ3) is 6.98. The third-order valence-electron chi connectivity index (χ3n) is 7.27. The van der Waals surface area contributed by atoms with E-state index in [0.717, 1.165) is 24.9 Å². The first kappa shape index (κ1) is 27.8. The number of rotatable bonds is 8.